The lowest BCUT2D eigenvalue weighted by Crippen LogP contribution is -2.46. The molecule has 124 valence electrons. The first-order valence-corrected chi connectivity index (χ1v) is 8.86. The van der Waals surface area contributed by atoms with Gasteiger partial charge in [0.2, 0.25) is 11.8 Å². The SMILES string of the molecule is CCCCCN(CC(=O)Nc1nccs1)C(=O)C(C)(C)CCl. The van der Waals surface area contributed by atoms with Crippen LogP contribution in [0.25, 0.3) is 0 Å². The van der Waals surface area contributed by atoms with Gasteiger partial charge in [-0.05, 0) is 20.3 Å². The van der Waals surface area contributed by atoms with Crippen molar-refractivity contribution in [3.8, 4) is 0 Å². The van der Waals surface area contributed by atoms with Crippen LogP contribution in [0.1, 0.15) is 40.0 Å². The van der Waals surface area contributed by atoms with Crippen LogP contribution in [0.2, 0.25) is 0 Å². The molecule has 0 fully saturated rings. The summed E-state index contributed by atoms with van der Waals surface area (Å²) < 4.78 is 0. The van der Waals surface area contributed by atoms with Crippen LogP contribution in [0.5, 0.6) is 0 Å². The van der Waals surface area contributed by atoms with E-state index < -0.39 is 5.41 Å². The third kappa shape index (κ3) is 5.93. The average molecular weight is 346 g/mol. The van der Waals surface area contributed by atoms with E-state index in [0.717, 1.165) is 19.3 Å². The zero-order valence-electron chi connectivity index (χ0n) is 13.4. The Morgan fingerprint density at radius 2 is 2.14 bits per heavy atom. The number of thiazole rings is 1. The van der Waals surface area contributed by atoms with Gasteiger partial charge in [-0.3, -0.25) is 9.59 Å². The number of hydrogen-bond donors (Lipinski definition) is 1. The molecule has 0 bridgehead atoms. The number of carbonyl (C=O) groups is 2. The van der Waals surface area contributed by atoms with Gasteiger partial charge in [-0.15, -0.1) is 22.9 Å². The van der Waals surface area contributed by atoms with Gasteiger partial charge < -0.3 is 10.2 Å². The Kier molecular flexibility index (Phi) is 7.82. The molecule has 1 rings (SSSR count). The summed E-state index contributed by atoms with van der Waals surface area (Å²) in [4.78, 5) is 30.3. The smallest absolute Gasteiger partial charge is 0.245 e. The molecule has 0 aromatic carbocycles. The maximum absolute atomic E-state index is 12.6. The highest BCUT2D eigenvalue weighted by Crippen LogP contribution is 2.21. The molecule has 0 aliphatic rings. The third-order valence-corrected chi connectivity index (χ3v) is 4.60. The van der Waals surface area contributed by atoms with E-state index in [1.165, 1.54) is 11.3 Å². The highest BCUT2D eigenvalue weighted by molar-refractivity contribution is 7.13. The van der Waals surface area contributed by atoms with Crippen LogP contribution in [0.3, 0.4) is 0 Å². The van der Waals surface area contributed by atoms with Gasteiger partial charge in [-0.1, -0.05) is 19.8 Å². The largest absolute Gasteiger partial charge is 0.333 e. The van der Waals surface area contributed by atoms with Crippen molar-refractivity contribution in [1.29, 1.82) is 0 Å². The fraction of sp³-hybridized carbons (Fsp3) is 0.667. The fourth-order valence-corrected chi connectivity index (χ4v) is 2.57. The number of aromatic nitrogens is 1. The van der Waals surface area contributed by atoms with E-state index in [0.29, 0.717) is 11.7 Å². The average Bonchev–Trinajstić information content (AvgIpc) is 2.98. The van der Waals surface area contributed by atoms with Crippen molar-refractivity contribution in [3.63, 3.8) is 0 Å². The number of nitrogens with zero attached hydrogens (tertiary/aromatic N) is 2. The van der Waals surface area contributed by atoms with Gasteiger partial charge in [0.25, 0.3) is 0 Å². The van der Waals surface area contributed by atoms with Gasteiger partial charge in [0.15, 0.2) is 5.13 Å². The van der Waals surface area contributed by atoms with E-state index in [2.05, 4.69) is 17.2 Å². The summed E-state index contributed by atoms with van der Waals surface area (Å²) in [5, 5.41) is 5.04. The number of rotatable bonds is 9. The predicted octanol–water partition coefficient (Wildman–Crippen LogP) is 3.37. The maximum Gasteiger partial charge on any atom is 0.245 e. The molecule has 0 spiro atoms. The van der Waals surface area contributed by atoms with Crippen LogP contribution in [0.4, 0.5) is 5.13 Å². The number of hydrogen-bond acceptors (Lipinski definition) is 4. The van der Waals surface area contributed by atoms with E-state index in [1.807, 2.05) is 0 Å². The van der Waals surface area contributed by atoms with Crippen LogP contribution < -0.4 is 5.32 Å². The number of nitrogens with one attached hydrogen (secondary N) is 1. The van der Waals surface area contributed by atoms with Crippen molar-refractivity contribution in [3.05, 3.63) is 11.6 Å². The number of halogens is 1. The lowest BCUT2D eigenvalue weighted by Gasteiger charge is -2.30. The van der Waals surface area contributed by atoms with Crippen molar-refractivity contribution in [2.45, 2.75) is 40.0 Å². The zero-order chi connectivity index (χ0) is 16.6. The molecule has 7 heteroatoms. The lowest BCUT2D eigenvalue weighted by atomic mass is 9.94. The summed E-state index contributed by atoms with van der Waals surface area (Å²) in [7, 11) is 0. The standard InChI is InChI=1S/C15H24ClN3O2S/c1-4-5-6-8-19(13(21)15(2,3)11-16)10-12(20)18-14-17-7-9-22-14/h7,9H,4-6,8,10-11H2,1-3H3,(H,17,18,20). The Morgan fingerprint density at radius 1 is 1.41 bits per heavy atom. The van der Waals surface area contributed by atoms with Crippen molar-refractivity contribution < 1.29 is 9.59 Å². The maximum atomic E-state index is 12.6. The summed E-state index contributed by atoms with van der Waals surface area (Å²) in [6.07, 6.45) is 4.59. The minimum Gasteiger partial charge on any atom is -0.333 e. The second-order valence-corrected chi connectivity index (χ2v) is 7.00. The zero-order valence-corrected chi connectivity index (χ0v) is 15.0. The molecule has 0 saturated carbocycles. The number of amides is 2. The summed E-state index contributed by atoms with van der Waals surface area (Å²) in [5.74, 6) is -0.0948. The summed E-state index contributed by atoms with van der Waals surface area (Å²) in [5.41, 5.74) is -0.671. The molecule has 2 amide bonds. The highest BCUT2D eigenvalue weighted by atomic mass is 35.5. The number of unbranched alkanes of at least 4 members (excludes halogenated alkanes) is 2. The summed E-state index contributed by atoms with van der Waals surface area (Å²) in [6.45, 7) is 6.30. The molecule has 1 aromatic heterocycles. The number of carbonyl (C=O) groups excluding carboxylic acids is 2. The van der Waals surface area contributed by atoms with Crippen molar-refractivity contribution in [1.82, 2.24) is 9.88 Å². The van der Waals surface area contributed by atoms with Gasteiger partial charge >= 0.3 is 0 Å². The summed E-state index contributed by atoms with van der Waals surface area (Å²) >= 11 is 7.24. The first-order valence-electron chi connectivity index (χ1n) is 7.45. The highest BCUT2D eigenvalue weighted by Gasteiger charge is 2.32. The van der Waals surface area contributed by atoms with E-state index in [1.54, 1.807) is 30.3 Å². The van der Waals surface area contributed by atoms with E-state index in [-0.39, 0.29) is 24.2 Å². The van der Waals surface area contributed by atoms with Crippen LogP contribution in [0.15, 0.2) is 11.6 Å². The molecular formula is C15H24ClN3O2S. The Bertz CT molecular complexity index is 477. The Hall–Kier alpha value is -1.14. The van der Waals surface area contributed by atoms with Gasteiger partial charge in [0.05, 0.1) is 12.0 Å². The van der Waals surface area contributed by atoms with Gasteiger partial charge in [-0.2, -0.15) is 0 Å². The molecular weight excluding hydrogens is 322 g/mol. The Labute approximate surface area is 141 Å². The monoisotopic (exact) mass is 345 g/mol. The quantitative estimate of drug-likeness (QED) is 0.551. The fourth-order valence-electron chi connectivity index (χ4n) is 1.91. The molecule has 22 heavy (non-hydrogen) atoms. The molecule has 1 N–H and O–H groups in total. The molecule has 0 aliphatic heterocycles. The van der Waals surface area contributed by atoms with E-state index in [9.17, 15) is 9.59 Å². The second kappa shape index (κ2) is 9.10. The first kappa shape index (κ1) is 18.9. The van der Waals surface area contributed by atoms with Crippen LogP contribution in [-0.2, 0) is 9.59 Å². The molecule has 1 aromatic rings. The number of anilines is 1. The molecule has 1 heterocycles. The van der Waals surface area contributed by atoms with Crippen molar-refractivity contribution in [2.75, 3.05) is 24.3 Å². The topological polar surface area (TPSA) is 62.3 Å². The molecule has 5 nitrogen and oxygen atoms in total. The summed E-state index contributed by atoms with van der Waals surface area (Å²) in [6, 6.07) is 0. The van der Waals surface area contributed by atoms with Crippen LogP contribution in [0, 0.1) is 5.41 Å². The molecule has 0 unspecified atom stereocenters. The van der Waals surface area contributed by atoms with Crippen molar-refractivity contribution in [2.24, 2.45) is 5.41 Å². The minimum atomic E-state index is -0.671. The molecule has 0 aliphatic carbocycles. The van der Waals surface area contributed by atoms with Crippen LogP contribution in [-0.4, -0.2) is 40.7 Å². The molecule has 0 saturated heterocycles. The first-order chi connectivity index (χ1) is 10.4. The Morgan fingerprint density at radius 3 is 2.68 bits per heavy atom. The second-order valence-electron chi connectivity index (χ2n) is 5.84. The van der Waals surface area contributed by atoms with Gasteiger partial charge in [-0.25, -0.2) is 4.98 Å². The predicted molar refractivity (Wildman–Crippen MR) is 91.3 cm³/mol. The minimum absolute atomic E-state index is 0.0302. The molecule has 0 radical (unpaired) electrons. The van der Waals surface area contributed by atoms with E-state index >= 15 is 0 Å². The lowest BCUT2D eigenvalue weighted by molar-refractivity contribution is -0.141. The Balaban J connectivity index is 2.68. The third-order valence-electron chi connectivity index (χ3n) is 3.24. The van der Waals surface area contributed by atoms with Crippen molar-refractivity contribution >= 4 is 39.9 Å². The van der Waals surface area contributed by atoms with Crippen LogP contribution >= 0.6 is 22.9 Å². The van der Waals surface area contributed by atoms with Gasteiger partial charge in [0.1, 0.15) is 0 Å². The van der Waals surface area contributed by atoms with Gasteiger partial charge in [0, 0.05) is 24.0 Å². The normalized spacial score (nSPS) is 11.3. The van der Waals surface area contributed by atoms with E-state index in [4.69, 9.17) is 11.6 Å². The number of alkyl halides is 1. The molecule has 0 atom stereocenters.